The SMILES string of the molecule is O=C(OOC(=O)C(C1CCC1)C1CCC1)C(C1CCC1)C1CCC1. The molecule has 0 aromatic carbocycles. The molecule has 24 heavy (non-hydrogen) atoms. The summed E-state index contributed by atoms with van der Waals surface area (Å²) in [6.45, 7) is 0. The van der Waals surface area contributed by atoms with Crippen LogP contribution in [0.3, 0.4) is 0 Å². The lowest BCUT2D eigenvalue weighted by molar-refractivity contribution is -0.272. The van der Waals surface area contributed by atoms with Gasteiger partial charge in [-0.15, -0.1) is 0 Å². The molecule has 4 nitrogen and oxygen atoms in total. The molecule has 4 saturated carbocycles. The van der Waals surface area contributed by atoms with Gasteiger partial charge < -0.3 is 0 Å². The first-order chi connectivity index (χ1) is 11.7. The van der Waals surface area contributed by atoms with Crippen molar-refractivity contribution >= 4 is 11.9 Å². The second-order valence-corrected chi connectivity index (χ2v) is 8.62. The maximum atomic E-state index is 12.5. The fourth-order valence-electron chi connectivity index (χ4n) is 4.93. The molecule has 0 amide bonds. The summed E-state index contributed by atoms with van der Waals surface area (Å²) < 4.78 is 0. The van der Waals surface area contributed by atoms with Gasteiger partial charge in [-0.2, -0.15) is 0 Å². The van der Waals surface area contributed by atoms with E-state index in [-0.39, 0.29) is 23.8 Å². The van der Waals surface area contributed by atoms with Crippen molar-refractivity contribution in [1.29, 1.82) is 0 Å². The topological polar surface area (TPSA) is 52.6 Å². The number of carbonyl (C=O) groups is 2. The van der Waals surface area contributed by atoms with Gasteiger partial charge in [-0.1, -0.05) is 25.7 Å². The molecule has 4 heteroatoms. The van der Waals surface area contributed by atoms with E-state index in [2.05, 4.69) is 0 Å². The summed E-state index contributed by atoms with van der Waals surface area (Å²) in [5.74, 6) is 1.19. The minimum Gasteiger partial charge on any atom is -0.247 e. The summed E-state index contributed by atoms with van der Waals surface area (Å²) in [7, 11) is 0. The van der Waals surface area contributed by atoms with E-state index in [1.54, 1.807) is 0 Å². The molecule has 0 heterocycles. The molecule has 0 atom stereocenters. The Morgan fingerprint density at radius 3 is 0.958 bits per heavy atom. The average Bonchev–Trinajstić information content (AvgIpc) is 2.35. The van der Waals surface area contributed by atoms with Crippen LogP contribution in [0.4, 0.5) is 0 Å². The first-order valence-electron chi connectivity index (χ1n) is 10.2. The van der Waals surface area contributed by atoms with Crippen LogP contribution in [0, 0.1) is 35.5 Å². The summed E-state index contributed by atoms with van der Waals surface area (Å²) in [5, 5.41) is 0. The summed E-state index contributed by atoms with van der Waals surface area (Å²) in [4.78, 5) is 35.3. The van der Waals surface area contributed by atoms with Gasteiger partial charge in [-0.05, 0) is 75.0 Å². The molecular formula is C20H30O4. The minimum atomic E-state index is -0.279. The van der Waals surface area contributed by atoms with E-state index in [0.717, 1.165) is 51.4 Å². The first-order valence-corrected chi connectivity index (χ1v) is 10.2. The minimum absolute atomic E-state index is 0.0360. The standard InChI is InChI=1S/C20H30O4/c21-19(17(13-5-1-6-13)14-7-2-8-14)23-24-20(22)18(15-9-3-10-15)16-11-4-12-16/h13-18H,1-12H2. The maximum absolute atomic E-state index is 12.5. The van der Waals surface area contributed by atoms with Crippen molar-refractivity contribution in [1.82, 2.24) is 0 Å². The largest absolute Gasteiger partial charge is 0.359 e. The van der Waals surface area contributed by atoms with E-state index < -0.39 is 0 Å². The fraction of sp³-hybridized carbons (Fsp3) is 0.900. The highest BCUT2D eigenvalue weighted by Gasteiger charge is 2.45. The van der Waals surface area contributed by atoms with Gasteiger partial charge in [0.2, 0.25) is 0 Å². The smallest absolute Gasteiger partial charge is 0.247 e. The molecule has 4 aliphatic carbocycles. The monoisotopic (exact) mass is 334 g/mol. The van der Waals surface area contributed by atoms with Crippen LogP contribution in [0.1, 0.15) is 77.0 Å². The van der Waals surface area contributed by atoms with E-state index >= 15 is 0 Å². The van der Waals surface area contributed by atoms with Crippen LogP contribution in [0.5, 0.6) is 0 Å². The third-order valence-electron chi connectivity index (χ3n) is 7.38. The van der Waals surface area contributed by atoms with Crippen LogP contribution < -0.4 is 0 Å². The summed E-state index contributed by atoms with van der Waals surface area (Å²) in [6, 6.07) is 0. The molecule has 0 spiro atoms. The lowest BCUT2D eigenvalue weighted by atomic mass is 9.64. The molecular weight excluding hydrogens is 304 g/mol. The van der Waals surface area contributed by atoms with Crippen LogP contribution in [0.2, 0.25) is 0 Å². The van der Waals surface area contributed by atoms with Crippen molar-refractivity contribution in [3.05, 3.63) is 0 Å². The Labute approximate surface area is 144 Å². The van der Waals surface area contributed by atoms with Crippen molar-refractivity contribution in [3.63, 3.8) is 0 Å². The van der Waals surface area contributed by atoms with Crippen LogP contribution in [-0.2, 0) is 19.4 Å². The van der Waals surface area contributed by atoms with Crippen molar-refractivity contribution in [3.8, 4) is 0 Å². The van der Waals surface area contributed by atoms with Gasteiger partial charge in [0.15, 0.2) is 0 Å². The van der Waals surface area contributed by atoms with E-state index in [9.17, 15) is 9.59 Å². The van der Waals surface area contributed by atoms with Gasteiger partial charge in [-0.3, -0.25) is 0 Å². The zero-order valence-electron chi connectivity index (χ0n) is 14.6. The van der Waals surface area contributed by atoms with E-state index in [4.69, 9.17) is 9.78 Å². The number of carbonyl (C=O) groups excluding carboxylic acids is 2. The van der Waals surface area contributed by atoms with Crippen molar-refractivity contribution in [2.75, 3.05) is 0 Å². The summed E-state index contributed by atoms with van der Waals surface area (Å²) >= 11 is 0. The maximum Gasteiger partial charge on any atom is 0.359 e. The number of hydrogen-bond donors (Lipinski definition) is 0. The quantitative estimate of drug-likeness (QED) is 0.533. The van der Waals surface area contributed by atoms with Gasteiger partial charge in [0, 0.05) is 0 Å². The van der Waals surface area contributed by atoms with Gasteiger partial charge in [0.1, 0.15) is 0 Å². The molecule has 0 aliphatic heterocycles. The zero-order chi connectivity index (χ0) is 16.5. The fourth-order valence-corrected chi connectivity index (χ4v) is 4.93. The van der Waals surface area contributed by atoms with Gasteiger partial charge >= 0.3 is 11.9 Å². The van der Waals surface area contributed by atoms with Gasteiger partial charge in [-0.25, -0.2) is 19.4 Å². The predicted octanol–water partition coefficient (Wildman–Crippen LogP) is 4.42. The average molecular weight is 334 g/mol. The molecule has 0 N–H and O–H groups in total. The first kappa shape index (κ1) is 16.4. The number of rotatable bonds is 6. The second-order valence-electron chi connectivity index (χ2n) is 8.62. The highest BCUT2D eigenvalue weighted by molar-refractivity contribution is 5.77. The number of hydrogen-bond acceptors (Lipinski definition) is 4. The molecule has 0 unspecified atom stereocenters. The third-order valence-corrected chi connectivity index (χ3v) is 7.38. The van der Waals surface area contributed by atoms with E-state index in [0.29, 0.717) is 23.7 Å². The van der Waals surface area contributed by atoms with Gasteiger partial charge in [0.05, 0.1) is 11.8 Å². The molecule has 0 aromatic rings. The predicted molar refractivity (Wildman–Crippen MR) is 88.5 cm³/mol. The molecule has 4 fully saturated rings. The Kier molecular flexibility index (Phi) is 4.82. The summed E-state index contributed by atoms with van der Waals surface area (Å²) in [5.41, 5.74) is 0. The highest BCUT2D eigenvalue weighted by Crippen LogP contribution is 2.46. The van der Waals surface area contributed by atoms with Crippen molar-refractivity contribution < 1.29 is 19.4 Å². The highest BCUT2D eigenvalue weighted by atomic mass is 17.2. The summed E-state index contributed by atoms with van der Waals surface area (Å²) in [6.07, 6.45) is 13.8. The van der Waals surface area contributed by atoms with Crippen LogP contribution in [0.25, 0.3) is 0 Å². The Balaban J connectivity index is 1.32. The molecule has 4 rings (SSSR count). The Morgan fingerprint density at radius 1 is 0.542 bits per heavy atom. The lowest BCUT2D eigenvalue weighted by Crippen LogP contribution is -2.41. The lowest BCUT2D eigenvalue weighted by Gasteiger charge is -2.41. The van der Waals surface area contributed by atoms with Gasteiger partial charge in [0.25, 0.3) is 0 Å². The van der Waals surface area contributed by atoms with Crippen molar-refractivity contribution in [2.24, 2.45) is 35.5 Å². The van der Waals surface area contributed by atoms with Crippen molar-refractivity contribution in [2.45, 2.75) is 77.0 Å². The van der Waals surface area contributed by atoms with Crippen LogP contribution in [-0.4, -0.2) is 11.9 Å². The van der Waals surface area contributed by atoms with E-state index in [1.807, 2.05) is 0 Å². The third kappa shape index (κ3) is 3.09. The Bertz CT molecular complexity index is 400. The molecule has 0 radical (unpaired) electrons. The molecule has 4 aliphatic rings. The van der Waals surface area contributed by atoms with E-state index in [1.165, 1.54) is 25.7 Å². The normalized spacial score (nSPS) is 25.6. The zero-order valence-corrected chi connectivity index (χ0v) is 14.6. The molecule has 0 saturated heterocycles. The molecule has 134 valence electrons. The van der Waals surface area contributed by atoms with Crippen LogP contribution in [0.15, 0.2) is 0 Å². The Morgan fingerprint density at radius 2 is 0.792 bits per heavy atom. The second kappa shape index (κ2) is 7.05. The molecule has 0 bridgehead atoms. The molecule has 0 aromatic heterocycles. The van der Waals surface area contributed by atoms with Crippen LogP contribution >= 0.6 is 0 Å². The Hall–Kier alpha value is -1.06.